The number of methoxy groups -OCH3 is 1. The number of carbonyl (C=O) groups is 2. The number of phenolic OH excluding ortho intramolecular Hbond substituents is 1. The van der Waals surface area contributed by atoms with E-state index in [1.54, 1.807) is 12.1 Å². The molecule has 1 amide bonds. The van der Waals surface area contributed by atoms with Crippen LogP contribution in [0.25, 0.3) is 6.08 Å². The molecule has 0 heterocycles. The number of amides is 1. The summed E-state index contributed by atoms with van der Waals surface area (Å²) in [6, 6.07) is 12.2. The molecule has 0 saturated carbocycles. The first-order valence-corrected chi connectivity index (χ1v) is 8.96. The largest absolute Gasteiger partial charge is 0.504 e. The average molecular weight is 383 g/mol. The standard InChI is InChI=1S/C22H25NO5/c1-14(2)17-7-9-18(10-8-17)23-22(26)15(3)28-21(25)12-6-16-5-11-19(24)20(13-16)27-4/h5-15,24H,1-4H3,(H,23,26)/b12-6+. The third-order valence-corrected chi connectivity index (χ3v) is 4.12. The van der Waals surface area contributed by atoms with Gasteiger partial charge >= 0.3 is 5.97 Å². The molecule has 28 heavy (non-hydrogen) atoms. The molecule has 0 saturated heterocycles. The van der Waals surface area contributed by atoms with E-state index in [0.717, 1.165) is 0 Å². The molecule has 2 aromatic rings. The molecule has 0 aromatic heterocycles. The predicted octanol–water partition coefficient (Wildman–Crippen LogP) is 4.11. The molecular formula is C22H25NO5. The van der Waals surface area contributed by atoms with Gasteiger partial charge in [-0.25, -0.2) is 4.79 Å². The highest BCUT2D eigenvalue weighted by molar-refractivity contribution is 5.96. The lowest BCUT2D eigenvalue weighted by atomic mass is 10.0. The minimum Gasteiger partial charge on any atom is -0.504 e. The van der Waals surface area contributed by atoms with E-state index in [1.807, 2.05) is 24.3 Å². The molecule has 0 aliphatic heterocycles. The molecule has 0 bridgehead atoms. The highest BCUT2D eigenvalue weighted by atomic mass is 16.5. The SMILES string of the molecule is COc1cc(/C=C/C(=O)OC(C)C(=O)Nc2ccc(C(C)C)cc2)ccc1O. The van der Waals surface area contributed by atoms with Gasteiger partial charge < -0.3 is 19.9 Å². The maximum Gasteiger partial charge on any atom is 0.331 e. The van der Waals surface area contributed by atoms with Gasteiger partial charge in [-0.1, -0.05) is 32.0 Å². The minimum atomic E-state index is -0.948. The second kappa shape index (κ2) is 9.60. The molecule has 2 aromatic carbocycles. The van der Waals surface area contributed by atoms with Crippen molar-refractivity contribution in [3.63, 3.8) is 0 Å². The van der Waals surface area contributed by atoms with Gasteiger partial charge in [0.2, 0.25) is 0 Å². The van der Waals surface area contributed by atoms with E-state index in [4.69, 9.17) is 9.47 Å². The van der Waals surface area contributed by atoms with Crippen molar-refractivity contribution in [2.24, 2.45) is 0 Å². The van der Waals surface area contributed by atoms with Crippen molar-refractivity contribution in [3.05, 3.63) is 59.7 Å². The van der Waals surface area contributed by atoms with Crippen LogP contribution in [0.4, 0.5) is 5.69 Å². The van der Waals surface area contributed by atoms with E-state index in [2.05, 4.69) is 19.2 Å². The summed E-state index contributed by atoms with van der Waals surface area (Å²) in [7, 11) is 1.44. The Labute approximate surface area is 164 Å². The number of anilines is 1. The molecule has 0 radical (unpaired) electrons. The van der Waals surface area contributed by atoms with Crippen molar-refractivity contribution in [2.45, 2.75) is 32.8 Å². The van der Waals surface area contributed by atoms with Crippen LogP contribution in [0.2, 0.25) is 0 Å². The number of hydrogen-bond acceptors (Lipinski definition) is 5. The Hall–Kier alpha value is -3.28. The number of nitrogens with one attached hydrogen (secondary N) is 1. The third-order valence-electron chi connectivity index (χ3n) is 4.12. The molecule has 6 heteroatoms. The van der Waals surface area contributed by atoms with Gasteiger partial charge in [-0.3, -0.25) is 4.79 Å². The number of ether oxygens (including phenoxy) is 2. The summed E-state index contributed by atoms with van der Waals surface area (Å²) in [6.45, 7) is 5.70. The van der Waals surface area contributed by atoms with E-state index >= 15 is 0 Å². The lowest BCUT2D eigenvalue weighted by Crippen LogP contribution is -2.29. The molecule has 148 valence electrons. The zero-order valence-electron chi connectivity index (χ0n) is 16.4. The smallest absolute Gasteiger partial charge is 0.331 e. The van der Waals surface area contributed by atoms with Crippen LogP contribution in [-0.4, -0.2) is 30.2 Å². The van der Waals surface area contributed by atoms with Crippen molar-refractivity contribution in [3.8, 4) is 11.5 Å². The van der Waals surface area contributed by atoms with E-state index in [9.17, 15) is 14.7 Å². The monoisotopic (exact) mass is 383 g/mol. The Balaban J connectivity index is 1.91. The summed E-state index contributed by atoms with van der Waals surface area (Å²) < 4.78 is 10.1. The van der Waals surface area contributed by atoms with Crippen molar-refractivity contribution in [1.82, 2.24) is 0 Å². The number of rotatable bonds is 7. The van der Waals surface area contributed by atoms with Gasteiger partial charge in [0.1, 0.15) is 0 Å². The van der Waals surface area contributed by atoms with Crippen LogP contribution in [0.5, 0.6) is 11.5 Å². The fourth-order valence-corrected chi connectivity index (χ4v) is 2.42. The average Bonchev–Trinajstić information content (AvgIpc) is 2.67. The third kappa shape index (κ3) is 5.87. The quantitative estimate of drug-likeness (QED) is 0.555. The number of hydrogen-bond donors (Lipinski definition) is 2. The Morgan fingerprint density at radius 1 is 1.07 bits per heavy atom. The van der Waals surface area contributed by atoms with Crippen LogP contribution in [0.15, 0.2) is 48.5 Å². The fourth-order valence-electron chi connectivity index (χ4n) is 2.42. The summed E-state index contributed by atoms with van der Waals surface area (Å²) in [5.74, 6) is -0.346. The van der Waals surface area contributed by atoms with Gasteiger partial charge in [0.05, 0.1) is 7.11 Å². The van der Waals surface area contributed by atoms with Crippen molar-refractivity contribution in [2.75, 3.05) is 12.4 Å². The highest BCUT2D eigenvalue weighted by Crippen LogP contribution is 2.26. The molecule has 0 fully saturated rings. The second-order valence-corrected chi connectivity index (χ2v) is 6.61. The molecule has 2 rings (SSSR count). The van der Waals surface area contributed by atoms with E-state index < -0.39 is 18.0 Å². The fraction of sp³-hybridized carbons (Fsp3) is 0.273. The molecule has 1 atom stereocenters. The Bertz CT molecular complexity index is 856. The van der Waals surface area contributed by atoms with Crippen molar-refractivity contribution in [1.29, 1.82) is 0 Å². The number of phenols is 1. The summed E-state index contributed by atoms with van der Waals surface area (Å²) in [6.07, 6.45) is 1.78. The van der Waals surface area contributed by atoms with Crippen LogP contribution in [-0.2, 0) is 14.3 Å². The van der Waals surface area contributed by atoms with Gasteiger partial charge in [-0.15, -0.1) is 0 Å². The minimum absolute atomic E-state index is 0.00828. The zero-order valence-corrected chi connectivity index (χ0v) is 16.4. The molecular weight excluding hydrogens is 358 g/mol. The van der Waals surface area contributed by atoms with E-state index in [0.29, 0.717) is 22.9 Å². The van der Waals surface area contributed by atoms with Crippen LogP contribution in [0, 0.1) is 0 Å². The van der Waals surface area contributed by atoms with Crippen LogP contribution >= 0.6 is 0 Å². The second-order valence-electron chi connectivity index (χ2n) is 6.61. The summed E-state index contributed by atoms with van der Waals surface area (Å²) >= 11 is 0. The lowest BCUT2D eigenvalue weighted by Gasteiger charge is -2.13. The Morgan fingerprint density at radius 2 is 1.75 bits per heavy atom. The predicted molar refractivity (Wildman–Crippen MR) is 108 cm³/mol. The number of benzene rings is 2. The van der Waals surface area contributed by atoms with Crippen molar-refractivity contribution >= 4 is 23.6 Å². The van der Waals surface area contributed by atoms with E-state index in [-0.39, 0.29) is 5.75 Å². The molecule has 0 aliphatic carbocycles. The normalized spacial score (nSPS) is 12.0. The van der Waals surface area contributed by atoms with Gasteiger partial charge in [0, 0.05) is 11.8 Å². The van der Waals surface area contributed by atoms with Gasteiger partial charge in [0.25, 0.3) is 5.91 Å². The number of carbonyl (C=O) groups excluding carboxylic acids is 2. The van der Waals surface area contributed by atoms with Crippen LogP contribution in [0.1, 0.15) is 37.8 Å². The maximum atomic E-state index is 12.2. The van der Waals surface area contributed by atoms with Crippen LogP contribution < -0.4 is 10.1 Å². The molecule has 0 spiro atoms. The first-order valence-electron chi connectivity index (χ1n) is 8.96. The van der Waals surface area contributed by atoms with Gasteiger partial charge in [-0.05, 0) is 54.3 Å². The maximum absolute atomic E-state index is 12.2. The van der Waals surface area contributed by atoms with Gasteiger partial charge in [0.15, 0.2) is 17.6 Å². The Morgan fingerprint density at radius 3 is 2.36 bits per heavy atom. The van der Waals surface area contributed by atoms with Gasteiger partial charge in [-0.2, -0.15) is 0 Å². The first kappa shape index (κ1) is 21.0. The first-order chi connectivity index (χ1) is 13.3. The number of esters is 1. The summed E-state index contributed by atoms with van der Waals surface area (Å²) in [5, 5.41) is 12.3. The topological polar surface area (TPSA) is 84.9 Å². The van der Waals surface area contributed by atoms with Crippen LogP contribution in [0.3, 0.4) is 0 Å². The number of aromatic hydroxyl groups is 1. The highest BCUT2D eigenvalue weighted by Gasteiger charge is 2.16. The van der Waals surface area contributed by atoms with E-state index in [1.165, 1.54) is 37.8 Å². The summed E-state index contributed by atoms with van der Waals surface area (Å²) in [5.41, 5.74) is 2.46. The van der Waals surface area contributed by atoms with Crippen molar-refractivity contribution < 1.29 is 24.2 Å². The molecule has 0 aliphatic rings. The molecule has 2 N–H and O–H groups in total. The molecule has 1 unspecified atom stereocenters. The zero-order chi connectivity index (χ0) is 20.7. The Kier molecular flexibility index (Phi) is 7.21. The lowest BCUT2D eigenvalue weighted by molar-refractivity contribution is -0.148. The summed E-state index contributed by atoms with van der Waals surface area (Å²) in [4.78, 5) is 24.2. The molecule has 6 nitrogen and oxygen atoms in total.